The van der Waals surface area contributed by atoms with Gasteiger partial charge in [-0.15, -0.1) is 0 Å². The summed E-state index contributed by atoms with van der Waals surface area (Å²) >= 11 is 0. The number of anilines is 1. The Morgan fingerprint density at radius 1 is 1.03 bits per heavy atom. The first kappa shape index (κ1) is 23.2. The highest BCUT2D eigenvalue weighted by Crippen LogP contribution is 2.34. The van der Waals surface area contributed by atoms with Gasteiger partial charge in [0.2, 0.25) is 0 Å². The van der Waals surface area contributed by atoms with Crippen molar-refractivity contribution in [3.05, 3.63) is 41.6 Å². The van der Waals surface area contributed by atoms with Crippen LogP contribution < -0.4 is 10.2 Å². The molecular weight excluding hydrogens is 424 g/mol. The van der Waals surface area contributed by atoms with Crippen molar-refractivity contribution in [2.24, 2.45) is 0 Å². The van der Waals surface area contributed by atoms with Gasteiger partial charge in [-0.2, -0.15) is 5.10 Å². The second kappa shape index (κ2) is 10.4. The Labute approximate surface area is 204 Å². The highest BCUT2D eigenvalue weighted by Gasteiger charge is 2.36. The minimum atomic E-state index is 0.114. The lowest BCUT2D eigenvalue weighted by Crippen LogP contribution is -2.48. The number of rotatable bonds is 7. The van der Waals surface area contributed by atoms with Crippen LogP contribution in [0.15, 0.2) is 30.3 Å². The van der Waals surface area contributed by atoms with Gasteiger partial charge in [0.1, 0.15) is 5.82 Å². The molecule has 7 nitrogen and oxygen atoms in total. The Kier molecular flexibility index (Phi) is 7.09. The summed E-state index contributed by atoms with van der Waals surface area (Å²) in [7, 11) is 0. The van der Waals surface area contributed by atoms with Gasteiger partial charge in [-0.3, -0.25) is 0 Å². The number of amides is 2. The van der Waals surface area contributed by atoms with Gasteiger partial charge < -0.3 is 20.0 Å². The summed E-state index contributed by atoms with van der Waals surface area (Å²) < 4.78 is 2.11. The summed E-state index contributed by atoms with van der Waals surface area (Å²) in [6.07, 6.45) is 8.19. The van der Waals surface area contributed by atoms with E-state index < -0.39 is 0 Å². The molecule has 2 heterocycles. The maximum atomic E-state index is 13.4. The minimum absolute atomic E-state index is 0.114. The summed E-state index contributed by atoms with van der Waals surface area (Å²) in [5, 5.41) is 8.38. The third kappa shape index (κ3) is 5.09. The number of benzene rings is 1. The molecule has 2 amide bonds. The van der Waals surface area contributed by atoms with Gasteiger partial charge in [0.05, 0.1) is 17.9 Å². The Hall–Kier alpha value is -2.54. The Morgan fingerprint density at radius 3 is 2.38 bits per heavy atom. The SMILES string of the molecule is CCN1CCN(c2c(CN(C(=O)NC3CCCCC3)C3CC3)c(C)nn2-c2ccccc2)CC1. The number of nitrogens with one attached hydrogen (secondary N) is 1. The first-order valence-electron chi connectivity index (χ1n) is 13.3. The zero-order chi connectivity index (χ0) is 23.5. The predicted octanol–water partition coefficient (Wildman–Crippen LogP) is 4.33. The molecule has 0 unspecified atom stereocenters. The van der Waals surface area contributed by atoms with Crippen LogP contribution in [0, 0.1) is 6.92 Å². The van der Waals surface area contributed by atoms with Gasteiger partial charge in [0.15, 0.2) is 0 Å². The minimum Gasteiger partial charge on any atom is -0.354 e. The van der Waals surface area contributed by atoms with Crippen molar-refractivity contribution in [2.45, 2.75) is 77.4 Å². The van der Waals surface area contributed by atoms with Crippen LogP contribution in [0.1, 0.15) is 63.1 Å². The summed E-state index contributed by atoms with van der Waals surface area (Å²) in [6, 6.07) is 11.2. The number of likely N-dealkylation sites (N-methyl/N-ethyl adjacent to an activating group) is 1. The van der Waals surface area contributed by atoms with Gasteiger partial charge in [0, 0.05) is 43.8 Å². The fraction of sp³-hybridized carbons (Fsp3) is 0.630. The molecule has 1 aromatic carbocycles. The second-order valence-corrected chi connectivity index (χ2v) is 10.2. The molecule has 0 radical (unpaired) electrons. The Morgan fingerprint density at radius 2 is 1.74 bits per heavy atom. The van der Waals surface area contributed by atoms with Gasteiger partial charge in [-0.05, 0) is 51.3 Å². The average molecular weight is 465 g/mol. The average Bonchev–Trinajstić information content (AvgIpc) is 3.66. The van der Waals surface area contributed by atoms with E-state index in [1.54, 1.807) is 0 Å². The van der Waals surface area contributed by atoms with Crippen molar-refractivity contribution >= 4 is 11.8 Å². The molecule has 2 aromatic rings. The quantitative estimate of drug-likeness (QED) is 0.663. The number of carbonyl (C=O) groups excluding carboxylic acids is 1. The van der Waals surface area contributed by atoms with Crippen LogP contribution in [0.4, 0.5) is 10.6 Å². The number of para-hydroxylation sites is 1. The lowest BCUT2D eigenvalue weighted by Gasteiger charge is -2.36. The predicted molar refractivity (Wildman–Crippen MR) is 137 cm³/mol. The van der Waals surface area contributed by atoms with Crippen molar-refractivity contribution < 1.29 is 4.79 Å². The second-order valence-electron chi connectivity index (χ2n) is 10.2. The van der Waals surface area contributed by atoms with Crippen molar-refractivity contribution in [1.29, 1.82) is 0 Å². The zero-order valence-electron chi connectivity index (χ0n) is 20.9. The summed E-state index contributed by atoms with van der Waals surface area (Å²) in [5.41, 5.74) is 3.29. The van der Waals surface area contributed by atoms with Crippen LogP contribution in [-0.4, -0.2) is 70.4 Å². The lowest BCUT2D eigenvalue weighted by atomic mass is 9.96. The van der Waals surface area contributed by atoms with E-state index in [-0.39, 0.29) is 6.03 Å². The fourth-order valence-electron chi connectivity index (χ4n) is 5.51. The van der Waals surface area contributed by atoms with Crippen LogP contribution in [0.2, 0.25) is 0 Å². The zero-order valence-corrected chi connectivity index (χ0v) is 20.9. The number of carbonyl (C=O) groups is 1. The molecule has 0 bridgehead atoms. The van der Waals surface area contributed by atoms with Crippen LogP contribution in [0.5, 0.6) is 0 Å². The Balaban J connectivity index is 1.43. The third-order valence-corrected chi connectivity index (χ3v) is 7.79. The van der Waals surface area contributed by atoms with Crippen LogP contribution in [0.25, 0.3) is 5.69 Å². The molecule has 1 aromatic heterocycles. The first-order chi connectivity index (χ1) is 16.6. The van der Waals surface area contributed by atoms with E-state index in [1.165, 1.54) is 24.8 Å². The van der Waals surface area contributed by atoms with Crippen molar-refractivity contribution in [3.8, 4) is 5.69 Å². The highest BCUT2D eigenvalue weighted by molar-refractivity contribution is 5.75. The number of urea groups is 1. The third-order valence-electron chi connectivity index (χ3n) is 7.79. The molecule has 1 N–H and O–H groups in total. The fourth-order valence-corrected chi connectivity index (χ4v) is 5.51. The molecule has 2 aliphatic carbocycles. The number of piperazine rings is 1. The molecule has 34 heavy (non-hydrogen) atoms. The van der Waals surface area contributed by atoms with Gasteiger partial charge in [-0.1, -0.05) is 44.4 Å². The molecule has 2 saturated carbocycles. The molecule has 7 heteroatoms. The molecule has 1 saturated heterocycles. The van der Waals surface area contributed by atoms with E-state index in [0.29, 0.717) is 18.6 Å². The number of aryl methyl sites for hydroxylation is 1. The number of aromatic nitrogens is 2. The van der Waals surface area contributed by atoms with E-state index in [1.807, 2.05) is 6.07 Å². The number of hydrogen-bond acceptors (Lipinski definition) is 4. The molecular formula is C27H40N6O. The molecule has 0 spiro atoms. The number of nitrogens with zero attached hydrogens (tertiary/aromatic N) is 5. The maximum absolute atomic E-state index is 13.4. The summed E-state index contributed by atoms with van der Waals surface area (Å²) in [6.45, 7) is 10.1. The van der Waals surface area contributed by atoms with E-state index >= 15 is 0 Å². The van der Waals surface area contributed by atoms with Crippen LogP contribution >= 0.6 is 0 Å². The molecule has 0 atom stereocenters. The van der Waals surface area contributed by atoms with Gasteiger partial charge >= 0.3 is 6.03 Å². The summed E-state index contributed by atoms with van der Waals surface area (Å²) in [4.78, 5) is 20.5. The van der Waals surface area contributed by atoms with E-state index in [0.717, 1.165) is 75.6 Å². The maximum Gasteiger partial charge on any atom is 0.318 e. The van der Waals surface area contributed by atoms with Crippen LogP contribution in [-0.2, 0) is 6.54 Å². The van der Waals surface area contributed by atoms with E-state index in [2.05, 4.69) is 62.8 Å². The van der Waals surface area contributed by atoms with Crippen molar-refractivity contribution in [2.75, 3.05) is 37.6 Å². The molecule has 3 fully saturated rings. The topological polar surface area (TPSA) is 56.6 Å². The first-order valence-corrected chi connectivity index (χ1v) is 13.3. The van der Waals surface area contributed by atoms with Crippen molar-refractivity contribution in [3.63, 3.8) is 0 Å². The normalized spacial score (nSPS) is 19.9. The lowest BCUT2D eigenvalue weighted by molar-refractivity contribution is 0.184. The van der Waals surface area contributed by atoms with E-state index in [4.69, 9.17) is 5.10 Å². The molecule has 184 valence electrons. The van der Waals surface area contributed by atoms with Gasteiger partial charge in [-0.25, -0.2) is 9.48 Å². The monoisotopic (exact) mass is 464 g/mol. The molecule has 1 aliphatic heterocycles. The van der Waals surface area contributed by atoms with E-state index in [9.17, 15) is 4.79 Å². The molecule has 5 rings (SSSR count). The van der Waals surface area contributed by atoms with Crippen molar-refractivity contribution in [1.82, 2.24) is 24.9 Å². The molecule has 3 aliphatic rings. The highest BCUT2D eigenvalue weighted by atomic mass is 16.2. The standard InChI is InChI=1S/C27H40N6O/c1-3-30-16-18-31(19-17-30)26-25(21(2)29-33(26)24-12-8-5-9-13-24)20-32(23-14-15-23)27(34)28-22-10-6-4-7-11-22/h5,8-9,12-13,22-23H,3-4,6-7,10-11,14-20H2,1-2H3,(H,28,34). The number of hydrogen-bond donors (Lipinski definition) is 1. The van der Waals surface area contributed by atoms with Crippen LogP contribution in [0.3, 0.4) is 0 Å². The largest absolute Gasteiger partial charge is 0.354 e. The Bertz CT molecular complexity index is 955. The summed E-state index contributed by atoms with van der Waals surface area (Å²) in [5.74, 6) is 1.16. The van der Waals surface area contributed by atoms with Gasteiger partial charge in [0.25, 0.3) is 0 Å². The smallest absolute Gasteiger partial charge is 0.318 e.